The highest BCUT2D eigenvalue weighted by Crippen LogP contribution is 2.29. The van der Waals surface area contributed by atoms with Crippen LogP contribution in [0.5, 0.6) is 23.0 Å². The number of hydrogen-bond acceptors (Lipinski definition) is 7. The van der Waals surface area contributed by atoms with Crippen LogP contribution in [0.15, 0.2) is 42.5 Å². The Bertz CT molecular complexity index is 907. The molecule has 8 heteroatoms. The Morgan fingerprint density at radius 2 is 1.58 bits per heavy atom. The van der Waals surface area contributed by atoms with Gasteiger partial charge in [-0.2, -0.15) is 0 Å². The Kier molecular flexibility index (Phi) is 9.23. The van der Waals surface area contributed by atoms with Crippen LogP contribution in [0, 0.1) is 0 Å². The molecule has 0 saturated carbocycles. The number of carbonyl (C=O) groups excluding carboxylic acids is 2. The van der Waals surface area contributed by atoms with Crippen molar-refractivity contribution in [2.45, 2.75) is 26.2 Å². The Labute approximate surface area is 194 Å². The van der Waals surface area contributed by atoms with Gasteiger partial charge in [-0.05, 0) is 68.7 Å². The van der Waals surface area contributed by atoms with E-state index in [9.17, 15) is 9.59 Å². The predicted octanol–water partition coefficient (Wildman–Crippen LogP) is 3.72. The number of piperidine rings is 1. The van der Waals surface area contributed by atoms with Crippen LogP contribution < -0.4 is 18.9 Å². The lowest BCUT2D eigenvalue weighted by atomic mass is 10.1. The van der Waals surface area contributed by atoms with Gasteiger partial charge in [-0.3, -0.25) is 4.79 Å². The topological polar surface area (TPSA) is 83.5 Å². The molecule has 178 valence electrons. The summed E-state index contributed by atoms with van der Waals surface area (Å²) in [5.41, 5.74) is 0.331. The van der Waals surface area contributed by atoms with E-state index in [1.807, 2.05) is 11.8 Å². The average Bonchev–Trinajstić information content (AvgIpc) is 2.86. The second-order valence-corrected chi connectivity index (χ2v) is 7.48. The first-order valence-corrected chi connectivity index (χ1v) is 11.2. The van der Waals surface area contributed by atoms with Crippen LogP contribution in [-0.2, 0) is 9.53 Å². The molecular weight excluding hydrogens is 426 g/mol. The maximum Gasteiger partial charge on any atom is 0.338 e. The Balaban J connectivity index is 1.50. The van der Waals surface area contributed by atoms with Crippen LogP contribution >= 0.6 is 0 Å². The second-order valence-electron chi connectivity index (χ2n) is 7.48. The van der Waals surface area contributed by atoms with Gasteiger partial charge in [-0.25, -0.2) is 4.79 Å². The second kappa shape index (κ2) is 12.6. The first-order chi connectivity index (χ1) is 16.1. The molecule has 0 bridgehead atoms. The minimum Gasteiger partial charge on any atom is -0.497 e. The Hall–Kier alpha value is -3.42. The number of benzene rings is 2. The Morgan fingerprint density at radius 3 is 2.27 bits per heavy atom. The van der Waals surface area contributed by atoms with Crippen molar-refractivity contribution >= 4 is 11.9 Å². The molecule has 1 fully saturated rings. The summed E-state index contributed by atoms with van der Waals surface area (Å²) in [6, 6.07) is 11.9. The average molecular weight is 458 g/mol. The van der Waals surface area contributed by atoms with Crippen LogP contribution in [0.25, 0.3) is 0 Å². The molecule has 1 amide bonds. The normalized spacial score (nSPS) is 13.2. The highest BCUT2D eigenvalue weighted by Gasteiger charge is 2.18. The summed E-state index contributed by atoms with van der Waals surface area (Å²) in [5, 5.41) is 0. The Morgan fingerprint density at radius 1 is 0.848 bits per heavy atom. The molecule has 0 N–H and O–H groups in total. The SMILES string of the molecule is CCOc1cc(C(=O)OCCOc2ccc(OC)cc2)ccc1OCC(=O)N1CCCCC1. The third-order valence-corrected chi connectivity index (χ3v) is 5.18. The molecule has 0 radical (unpaired) electrons. The maximum atomic E-state index is 12.4. The van der Waals surface area contributed by atoms with Crippen molar-refractivity contribution in [3.8, 4) is 23.0 Å². The van der Waals surface area contributed by atoms with Gasteiger partial charge in [0.05, 0.1) is 19.3 Å². The zero-order chi connectivity index (χ0) is 23.5. The van der Waals surface area contributed by atoms with Gasteiger partial charge in [-0.1, -0.05) is 0 Å². The highest BCUT2D eigenvalue weighted by atomic mass is 16.6. The van der Waals surface area contributed by atoms with Crippen molar-refractivity contribution in [3.63, 3.8) is 0 Å². The summed E-state index contributed by atoms with van der Waals surface area (Å²) >= 11 is 0. The van der Waals surface area contributed by atoms with Crippen molar-refractivity contribution in [2.24, 2.45) is 0 Å². The van der Waals surface area contributed by atoms with Crippen molar-refractivity contribution in [3.05, 3.63) is 48.0 Å². The number of esters is 1. The first kappa shape index (κ1) is 24.2. The zero-order valence-corrected chi connectivity index (χ0v) is 19.2. The molecule has 1 aliphatic rings. The summed E-state index contributed by atoms with van der Waals surface area (Å²) in [4.78, 5) is 26.6. The van der Waals surface area contributed by atoms with E-state index in [0.717, 1.165) is 38.1 Å². The van der Waals surface area contributed by atoms with Gasteiger partial charge in [-0.15, -0.1) is 0 Å². The van der Waals surface area contributed by atoms with Gasteiger partial charge >= 0.3 is 5.97 Å². The molecule has 0 spiro atoms. The minimum absolute atomic E-state index is 0.0440. The van der Waals surface area contributed by atoms with E-state index in [1.165, 1.54) is 0 Å². The lowest BCUT2D eigenvalue weighted by Gasteiger charge is -2.26. The summed E-state index contributed by atoms with van der Waals surface area (Å²) in [6.07, 6.45) is 3.21. The molecule has 0 aromatic heterocycles. The third kappa shape index (κ3) is 7.30. The van der Waals surface area contributed by atoms with Crippen LogP contribution in [-0.4, -0.2) is 63.4 Å². The maximum absolute atomic E-state index is 12.4. The van der Waals surface area contributed by atoms with Gasteiger partial charge in [0.2, 0.25) is 0 Å². The number of rotatable bonds is 11. The molecule has 0 aliphatic carbocycles. The number of hydrogen-bond donors (Lipinski definition) is 0. The summed E-state index contributed by atoms with van der Waals surface area (Å²) < 4.78 is 27.3. The van der Waals surface area contributed by atoms with Crippen molar-refractivity contribution in [2.75, 3.05) is 46.6 Å². The largest absolute Gasteiger partial charge is 0.497 e. The standard InChI is InChI=1S/C25H31NO7/c1-3-30-23-17-19(7-12-22(23)33-18-24(27)26-13-5-4-6-14-26)25(28)32-16-15-31-21-10-8-20(29-2)9-11-21/h7-12,17H,3-6,13-16,18H2,1-2H3. The molecule has 1 saturated heterocycles. The molecule has 33 heavy (non-hydrogen) atoms. The van der Waals surface area contributed by atoms with E-state index >= 15 is 0 Å². The van der Waals surface area contributed by atoms with E-state index in [1.54, 1.807) is 49.6 Å². The number of methoxy groups -OCH3 is 1. The number of likely N-dealkylation sites (tertiary alicyclic amines) is 1. The lowest BCUT2D eigenvalue weighted by Crippen LogP contribution is -2.38. The van der Waals surface area contributed by atoms with Gasteiger partial charge in [0.15, 0.2) is 18.1 Å². The fourth-order valence-electron chi connectivity index (χ4n) is 3.45. The summed E-state index contributed by atoms with van der Waals surface area (Å²) in [5.74, 6) is 1.67. The third-order valence-electron chi connectivity index (χ3n) is 5.18. The fourth-order valence-corrected chi connectivity index (χ4v) is 3.45. The number of ether oxygens (including phenoxy) is 5. The highest BCUT2D eigenvalue weighted by molar-refractivity contribution is 5.90. The van der Waals surface area contributed by atoms with Crippen molar-refractivity contribution in [1.29, 1.82) is 0 Å². The van der Waals surface area contributed by atoms with Crippen LogP contribution in [0.2, 0.25) is 0 Å². The fraction of sp³-hybridized carbons (Fsp3) is 0.440. The zero-order valence-electron chi connectivity index (χ0n) is 19.2. The number of nitrogens with zero attached hydrogens (tertiary/aromatic N) is 1. The quantitative estimate of drug-likeness (QED) is 0.376. The van der Waals surface area contributed by atoms with E-state index in [4.69, 9.17) is 23.7 Å². The first-order valence-electron chi connectivity index (χ1n) is 11.2. The molecule has 2 aromatic carbocycles. The molecule has 8 nitrogen and oxygen atoms in total. The van der Waals surface area contributed by atoms with Crippen LogP contribution in [0.1, 0.15) is 36.5 Å². The summed E-state index contributed by atoms with van der Waals surface area (Å²) in [6.45, 7) is 4.02. The molecule has 0 atom stereocenters. The smallest absolute Gasteiger partial charge is 0.338 e. The molecular formula is C25H31NO7. The number of amides is 1. The van der Waals surface area contributed by atoms with Gasteiger partial charge < -0.3 is 28.6 Å². The van der Waals surface area contributed by atoms with Gasteiger partial charge in [0.25, 0.3) is 5.91 Å². The molecule has 1 heterocycles. The van der Waals surface area contributed by atoms with Crippen molar-refractivity contribution in [1.82, 2.24) is 4.90 Å². The summed E-state index contributed by atoms with van der Waals surface area (Å²) in [7, 11) is 1.60. The predicted molar refractivity (Wildman–Crippen MR) is 122 cm³/mol. The lowest BCUT2D eigenvalue weighted by molar-refractivity contribution is -0.134. The molecule has 3 rings (SSSR count). The van der Waals surface area contributed by atoms with Gasteiger partial charge in [0.1, 0.15) is 24.7 Å². The number of carbonyl (C=O) groups is 2. The van der Waals surface area contributed by atoms with E-state index in [2.05, 4.69) is 0 Å². The van der Waals surface area contributed by atoms with Crippen LogP contribution in [0.4, 0.5) is 0 Å². The van der Waals surface area contributed by atoms with E-state index < -0.39 is 5.97 Å². The molecule has 1 aliphatic heterocycles. The molecule has 0 unspecified atom stereocenters. The molecule has 2 aromatic rings. The van der Waals surface area contributed by atoms with Crippen LogP contribution in [0.3, 0.4) is 0 Å². The van der Waals surface area contributed by atoms with Gasteiger partial charge in [0, 0.05) is 13.1 Å². The van der Waals surface area contributed by atoms with E-state index in [-0.39, 0.29) is 25.7 Å². The van der Waals surface area contributed by atoms with Crippen molar-refractivity contribution < 1.29 is 33.3 Å². The monoisotopic (exact) mass is 457 g/mol. The minimum atomic E-state index is -0.495. The van der Waals surface area contributed by atoms with E-state index in [0.29, 0.717) is 29.4 Å².